The number of rotatable bonds is 8. The second kappa shape index (κ2) is 14.8. The van der Waals surface area contributed by atoms with Crippen molar-refractivity contribution in [1.29, 1.82) is 0 Å². The van der Waals surface area contributed by atoms with E-state index in [-0.39, 0.29) is 27.7 Å². The monoisotopic (exact) mass is 377 g/mol. The van der Waals surface area contributed by atoms with Crippen LogP contribution in [0.15, 0.2) is 0 Å². The predicted molar refractivity (Wildman–Crippen MR) is 57.5 cm³/mol. The minimum atomic E-state index is 0. The molecule has 0 aliphatic carbocycles. The summed E-state index contributed by atoms with van der Waals surface area (Å²) < 4.78 is 0. The van der Waals surface area contributed by atoms with Gasteiger partial charge in [0.05, 0.1) is 0 Å². The summed E-state index contributed by atoms with van der Waals surface area (Å²) in [5.41, 5.74) is 0. The van der Waals surface area contributed by atoms with Gasteiger partial charge in [-0.25, -0.2) is 0 Å². The average Bonchev–Trinajstić information content (AvgIpc) is 2.03. The van der Waals surface area contributed by atoms with Crippen LogP contribution in [0.1, 0.15) is 52.4 Å². The summed E-state index contributed by atoms with van der Waals surface area (Å²) in [5.74, 6) is 2.88. The molecule has 0 aliphatic rings. The third-order valence-electron chi connectivity index (χ3n) is 1.84. The first kappa shape index (κ1) is 15.7. The van der Waals surface area contributed by atoms with E-state index in [1.54, 1.807) is 11.8 Å². The molecule has 0 radical (unpaired) electrons. The molecule has 0 bridgehead atoms. The van der Waals surface area contributed by atoms with Crippen LogP contribution in [0.4, 0.5) is 0 Å². The zero-order valence-electron chi connectivity index (χ0n) is 8.81. The van der Waals surface area contributed by atoms with Crippen LogP contribution in [-0.2, 0) is 39.4 Å². The summed E-state index contributed by atoms with van der Waals surface area (Å²) in [5, 5.41) is 0. The molecular weight excluding hydrogens is 353 g/mol. The Hall–Kier alpha value is 1.29. The van der Waals surface area contributed by atoms with E-state index < -0.39 is 0 Å². The van der Waals surface area contributed by atoms with Gasteiger partial charge in [0.25, 0.3) is 0 Å². The first-order valence-corrected chi connectivity index (χ1v) is 6.31. The second-order valence-corrected chi connectivity index (χ2v) is 4.43. The smallest absolute Gasteiger partial charge is 0.0654 e. The fourth-order valence-electron chi connectivity index (χ4n) is 1.06. The quantitative estimate of drug-likeness (QED) is 0.264. The fourth-order valence-corrected chi connectivity index (χ4v) is 2.18. The molecule has 0 rings (SSSR count). The molecule has 0 heterocycles. The van der Waals surface area contributed by atoms with Gasteiger partial charge >= 0.3 is 0 Å². The Morgan fingerprint density at radius 3 is 1.50 bits per heavy atom. The molecule has 0 nitrogen and oxygen atoms in total. The Labute approximate surface area is 103 Å². The van der Waals surface area contributed by atoms with Crippen LogP contribution in [0.3, 0.4) is 0 Å². The molecule has 0 N–H and O–H groups in total. The molecule has 0 aromatic rings. The van der Waals surface area contributed by atoms with Crippen LogP contribution in [0.5, 0.6) is 0 Å². The fraction of sp³-hybridized carbons (Fsp3) is 1.00. The predicted octanol–water partition coefficient (Wildman–Crippen LogP) is 3.18. The van der Waals surface area contributed by atoms with E-state index in [1.807, 2.05) is 0 Å². The summed E-state index contributed by atoms with van der Waals surface area (Å²) in [6, 6.07) is 0. The molecular formula is C10H23HgS+. The van der Waals surface area contributed by atoms with Crippen molar-refractivity contribution in [2.75, 3.05) is 11.5 Å². The number of thiol groups is 1. The van der Waals surface area contributed by atoms with E-state index in [0.29, 0.717) is 0 Å². The first-order valence-electron chi connectivity index (χ1n) is 5.05. The molecule has 0 unspecified atom stereocenters. The van der Waals surface area contributed by atoms with Gasteiger partial charge in [-0.3, -0.25) is 0 Å². The Morgan fingerprint density at radius 2 is 1.17 bits per heavy atom. The second-order valence-electron chi connectivity index (χ2n) is 3.09. The van der Waals surface area contributed by atoms with Crippen LogP contribution in [0, 0.1) is 0 Å². The number of hydrogen-bond acceptors (Lipinski definition) is 0. The topological polar surface area (TPSA) is 0 Å². The van der Waals surface area contributed by atoms with Gasteiger partial charge < -0.3 is 0 Å². The van der Waals surface area contributed by atoms with Crippen LogP contribution in [0.2, 0.25) is 0 Å². The van der Waals surface area contributed by atoms with E-state index >= 15 is 0 Å². The Bertz CT molecular complexity index is 58.9. The summed E-state index contributed by atoms with van der Waals surface area (Å²) in [6.07, 6.45) is 8.49. The van der Waals surface area contributed by atoms with E-state index in [0.717, 1.165) is 0 Å². The van der Waals surface area contributed by atoms with Gasteiger partial charge in [0.15, 0.2) is 0 Å². The van der Waals surface area contributed by atoms with E-state index in [4.69, 9.17) is 0 Å². The maximum absolute atomic E-state index is 2.27. The largest absolute Gasteiger partial charge is 0.105 e. The third kappa shape index (κ3) is 13.8. The van der Waals surface area contributed by atoms with Crippen LogP contribution in [-0.4, -0.2) is 11.5 Å². The minimum Gasteiger partial charge on any atom is -0.0654 e. The van der Waals surface area contributed by atoms with Crippen molar-refractivity contribution in [3.8, 4) is 0 Å². The van der Waals surface area contributed by atoms with E-state index in [2.05, 4.69) is 13.8 Å². The van der Waals surface area contributed by atoms with Gasteiger partial charge in [-0.2, -0.15) is 0 Å². The molecule has 0 saturated heterocycles. The Morgan fingerprint density at radius 1 is 0.750 bits per heavy atom. The number of unbranched alkanes of at least 4 members (excludes halogenated alkanes) is 4. The zero-order valence-corrected chi connectivity index (χ0v) is 15.2. The van der Waals surface area contributed by atoms with E-state index in [9.17, 15) is 0 Å². The van der Waals surface area contributed by atoms with Crippen molar-refractivity contribution < 1.29 is 27.7 Å². The van der Waals surface area contributed by atoms with Crippen LogP contribution >= 0.6 is 0 Å². The van der Waals surface area contributed by atoms with Crippen molar-refractivity contribution in [3.63, 3.8) is 0 Å². The summed E-state index contributed by atoms with van der Waals surface area (Å²) in [6.45, 7) is 4.54. The molecule has 0 fully saturated rings. The molecule has 12 heavy (non-hydrogen) atoms. The Balaban J connectivity index is 0. The average molecular weight is 376 g/mol. The van der Waals surface area contributed by atoms with Gasteiger partial charge in [-0.15, -0.1) is 0 Å². The zero-order chi connectivity index (χ0) is 8.36. The van der Waals surface area contributed by atoms with Crippen molar-refractivity contribution in [2.24, 2.45) is 0 Å². The van der Waals surface area contributed by atoms with Crippen LogP contribution < -0.4 is 0 Å². The molecule has 0 saturated carbocycles. The van der Waals surface area contributed by atoms with Crippen molar-refractivity contribution in [3.05, 3.63) is 0 Å². The van der Waals surface area contributed by atoms with Gasteiger partial charge in [0, 0.05) is 27.7 Å². The molecule has 0 aliphatic heterocycles. The van der Waals surface area contributed by atoms with Gasteiger partial charge in [-0.1, -0.05) is 26.7 Å². The van der Waals surface area contributed by atoms with Crippen molar-refractivity contribution in [1.82, 2.24) is 0 Å². The molecule has 0 spiro atoms. The SMILES string of the molecule is CCCCC[SH+]CCCCC.[Hg]. The van der Waals surface area contributed by atoms with Gasteiger partial charge in [0.1, 0.15) is 11.5 Å². The maximum Gasteiger partial charge on any atom is 0.105 e. The first-order chi connectivity index (χ1) is 5.41. The van der Waals surface area contributed by atoms with Crippen molar-refractivity contribution >= 4 is 11.8 Å². The number of hydrogen-bond donors (Lipinski definition) is 0. The minimum absolute atomic E-state index is 0. The van der Waals surface area contributed by atoms with E-state index in [1.165, 1.54) is 50.0 Å². The van der Waals surface area contributed by atoms with Crippen molar-refractivity contribution in [2.45, 2.75) is 52.4 Å². The van der Waals surface area contributed by atoms with Crippen LogP contribution in [0.25, 0.3) is 0 Å². The molecule has 0 amide bonds. The molecule has 70 valence electrons. The molecule has 2 heteroatoms. The maximum atomic E-state index is 2.27. The third-order valence-corrected chi connectivity index (χ3v) is 3.10. The molecule has 0 aromatic carbocycles. The Kier molecular flexibility index (Phi) is 19.4. The standard InChI is InChI=1S/C10H22S.Hg/c1-3-5-7-9-11-10-8-6-4-2;/h3-10H2,1-2H3;/p+1. The summed E-state index contributed by atoms with van der Waals surface area (Å²) in [4.78, 5) is 0. The molecule has 0 aromatic heterocycles. The van der Waals surface area contributed by atoms with Gasteiger partial charge in [0.2, 0.25) is 0 Å². The normalized spacial score (nSPS) is 9.50. The summed E-state index contributed by atoms with van der Waals surface area (Å²) in [7, 11) is 0. The molecule has 0 atom stereocenters. The van der Waals surface area contributed by atoms with Gasteiger partial charge in [-0.05, 0) is 37.4 Å². The summed E-state index contributed by atoms with van der Waals surface area (Å²) >= 11 is 1.69.